The van der Waals surface area contributed by atoms with E-state index in [0.717, 1.165) is 25.8 Å². The molecule has 0 aliphatic carbocycles. The Hall–Kier alpha value is -0.770. The summed E-state index contributed by atoms with van der Waals surface area (Å²) in [6.45, 7) is 3.64. The molecule has 0 spiro atoms. The number of amides is 1. The maximum absolute atomic E-state index is 12.5. The van der Waals surface area contributed by atoms with Gasteiger partial charge in [-0.15, -0.1) is 0 Å². The van der Waals surface area contributed by atoms with Gasteiger partial charge in [-0.05, 0) is 44.0 Å². The average molecular weight is 301 g/mol. The van der Waals surface area contributed by atoms with E-state index < -0.39 is 0 Å². The van der Waals surface area contributed by atoms with Gasteiger partial charge in [0, 0.05) is 11.6 Å². The van der Waals surface area contributed by atoms with E-state index in [1.165, 1.54) is 0 Å². The third-order valence-corrected chi connectivity index (χ3v) is 3.83. The second-order valence-corrected chi connectivity index (χ2v) is 5.58. The fourth-order valence-corrected chi connectivity index (χ4v) is 2.70. The van der Waals surface area contributed by atoms with Crippen molar-refractivity contribution < 1.29 is 4.79 Å². The number of hydrogen-bond acceptors (Lipinski definition) is 2. The third-order valence-electron chi connectivity index (χ3n) is 3.28. The molecule has 1 aromatic carbocycles. The van der Waals surface area contributed by atoms with E-state index >= 15 is 0 Å². The molecule has 19 heavy (non-hydrogen) atoms. The molecule has 1 aromatic rings. The Bertz CT molecular complexity index is 465. The van der Waals surface area contributed by atoms with Crippen molar-refractivity contribution in [2.24, 2.45) is 0 Å². The second-order valence-electron chi connectivity index (χ2n) is 4.73. The molecule has 1 amide bonds. The largest absolute Gasteiger partial charge is 0.310 e. The first-order valence-corrected chi connectivity index (χ1v) is 7.39. The van der Waals surface area contributed by atoms with Gasteiger partial charge in [-0.3, -0.25) is 4.79 Å². The number of hydrogen-bond donors (Lipinski definition) is 1. The molecule has 0 aromatic heterocycles. The zero-order valence-corrected chi connectivity index (χ0v) is 12.5. The third kappa shape index (κ3) is 3.41. The Morgan fingerprint density at radius 3 is 2.95 bits per heavy atom. The standard InChI is InChI=1S/C14H18Cl2N2O/c1-2-7-17-12-4-3-8-18(14(12)19)13-9-10(15)5-6-11(13)16/h5-6,9,12,17H,2-4,7-8H2,1H3. The van der Waals surface area contributed by atoms with Crippen LogP contribution in [0.25, 0.3) is 0 Å². The molecule has 1 aliphatic rings. The number of carbonyl (C=O) groups is 1. The Labute approximate surface area is 123 Å². The molecule has 1 fully saturated rings. The first-order valence-electron chi connectivity index (χ1n) is 6.63. The summed E-state index contributed by atoms with van der Waals surface area (Å²) < 4.78 is 0. The minimum Gasteiger partial charge on any atom is -0.310 e. The van der Waals surface area contributed by atoms with Crippen molar-refractivity contribution in [2.75, 3.05) is 18.0 Å². The predicted molar refractivity (Wildman–Crippen MR) is 80.1 cm³/mol. The van der Waals surface area contributed by atoms with E-state index in [0.29, 0.717) is 22.3 Å². The topological polar surface area (TPSA) is 32.3 Å². The molecule has 1 heterocycles. The van der Waals surface area contributed by atoms with Gasteiger partial charge in [0.2, 0.25) is 5.91 Å². The minimum atomic E-state index is -0.108. The summed E-state index contributed by atoms with van der Waals surface area (Å²) in [5.74, 6) is 0.0869. The molecule has 104 valence electrons. The van der Waals surface area contributed by atoms with E-state index in [2.05, 4.69) is 12.2 Å². The predicted octanol–water partition coefficient (Wildman–Crippen LogP) is 3.49. The maximum atomic E-state index is 12.5. The molecule has 1 unspecified atom stereocenters. The Kier molecular flexibility index (Phi) is 5.08. The Morgan fingerprint density at radius 1 is 1.42 bits per heavy atom. The van der Waals surface area contributed by atoms with Crippen molar-refractivity contribution in [3.8, 4) is 0 Å². The van der Waals surface area contributed by atoms with E-state index in [9.17, 15) is 4.79 Å². The summed E-state index contributed by atoms with van der Waals surface area (Å²) in [6, 6.07) is 5.11. The second kappa shape index (κ2) is 6.60. The lowest BCUT2D eigenvalue weighted by Gasteiger charge is -2.33. The highest BCUT2D eigenvalue weighted by molar-refractivity contribution is 6.35. The summed E-state index contributed by atoms with van der Waals surface area (Å²) >= 11 is 12.2. The fraction of sp³-hybridized carbons (Fsp3) is 0.500. The summed E-state index contributed by atoms with van der Waals surface area (Å²) in [5, 5.41) is 4.44. The average Bonchev–Trinajstić information content (AvgIpc) is 2.41. The highest BCUT2D eigenvalue weighted by Crippen LogP contribution is 2.31. The van der Waals surface area contributed by atoms with Crippen LogP contribution in [0, 0.1) is 0 Å². The molecule has 1 atom stereocenters. The van der Waals surface area contributed by atoms with Crippen LogP contribution in [0.4, 0.5) is 5.69 Å². The van der Waals surface area contributed by atoms with Gasteiger partial charge >= 0.3 is 0 Å². The van der Waals surface area contributed by atoms with Crippen molar-refractivity contribution in [3.05, 3.63) is 28.2 Å². The smallest absolute Gasteiger partial charge is 0.244 e. The number of nitrogens with one attached hydrogen (secondary N) is 1. The van der Waals surface area contributed by atoms with Gasteiger partial charge in [-0.25, -0.2) is 0 Å². The maximum Gasteiger partial charge on any atom is 0.244 e. The van der Waals surface area contributed by atoms with Crippen molar-refractivity contribution in [3.63, 3.8) is 0 Å². The Balaban J connectivity index is 2.19. The van der Waals surface area contributed by atoms with Crippen LogP contribution in [0.1, 0.15) is 26.2 Å². The molecule has 3 nitrogen and oxygen atoms in total. The highest BCUT2D eigenvalue weighted by atomic mass is 35.5. The van der Waals surface area contributed by atoms with Crippen LogP contribution in [0.2, 0.25) is 10.0 Å². The molecule has 2 rings (SSSR count). The van der Waals surface area contributed by atoms with Crippen molar-refractivity contribution in [1.29, 1.82) is 0 Å². The van der Waals surface area contributed by atoms with Crippen LogP contribution >= 0.6 is 23.2 Å². The zero-order chi connectivity index (χ0) is 13.8. The number of rotatable bonds is 4. The van der Waals surface area contributed by atoms with Crippen LogP contribution in [0.5, 0.6) is 0 Å². The number of carbonyl (C=O) groups excluding carboxylic acids is 1. The van der Waals surface area contributed by atoms with Crippen LogP contribution in [0.15, 0.2) is 18.2 Å². The number of benzene rings is 1. The number of halogens is 2. The molecule has 0 saturated carbocycles. The zero-order valence-electron chi connectivity index (χ0n) is 11.0. The van der Waals surface area contributed by atoms with Crippen LogP contribution < -0.4 is 10.2 Å². The van der Waals surface area contributed by atoms with Gasteiger partial charge in [0.05, 0.1) is 16.8 Å². The van der Waals surface area contributed by atoms with Gasteiger partial charge in [0.15, 0.2) is 0 Å². The molecular weight excluding hydrogens is 283 g/mol. The number of piperidine rings is 1. The van der Waals surface area contributed by atoms with Gasteiger partial charge in [0.1, 0.15) is 0 Å². The SMILES string of the molecule is CCCNC1CCCN(c2cc(Cl)ccc2Cl)C1=O. The molecule has 1 N–H and O–H groups in total. The van der Waals surface area contributed by atoms with Gasteiger partial charge in [0.25, 0.3) is 0 Å². The molecule has 1 aliphatic heterocycles. The molecule has 0 bridgehead atoms. The first-order chi connectivity index (χ1) is 9.13. The quantitative estimate of drug-likeness (QED) is 0.923. The van der Waals surface area contributed by atoms with Crippen molar-refractivity contribution in [1.82, 2.24) is 5.32 Å². The van der Waals surface area contributed by atoms with Crippen molar-refractivity contribution in [2.45, 2.75) is 32.2 Å². The minimum absolute atomic E-state index is 0.0869. The van der Waals surface area contributed by atoms with Gasteiger partial charge in [-0.2, -0.15) is 0 Å². The molecular formula is C14H18Cl2N2O. The van der Waals surface area contributed by atoms with Crippen LogP contribution in [-0.2, 0) is 4.79 Å². The van der Waals surface area contributed by atoms with Crippen molar-refractivity contribution >= 4 is 34.8 Å². The van der Waals surface area contributed by atoms with Gasteiger partial charge in [-0.1, -0.05) is 30.1 Å². The number of nitrogens with zero attached hydrogens (tertiary/aromatic N) is 1. The summed E-state index contributed by atoms with van der Waals surface area (Å²) in [7, 11) is 0. The Morgan fingerprint density at radius 2 is 2.21 bits per heavy atom. The highest BCUT2D eigenvalue weighted by Gasteiger charge is 2.30. The number of anilines is 1. The van der Waals surface area contributed by atoms with E-state index in [4.69, 9.17) is 23.2 Å². The van der Waals surface area contributed by atoms with Crippen LogP contribution in [0.3, 0.4) is 0 Å². The lowest BCUT2D eigenvalue weighted by atomic mass is 10.0. The van der Waals surface area contributed by atoms with Gasteiger partial charge < -0.3 is 10.2 Å². The van der Waals surface area contributed by atoms with E-state index in [-0.39, 0.29) is 11.9 Å². The normalized spacial score (nSPS) is 19.8. The van der Waals surface area contributed by atoms with E-state index in [1.54, 1.807) is 23.1 Å². The lowest BCUT2D eigenvalue weighted by Crippen LogP contribution is -2.51. The van der Waals surface area contributed by atoms with E-state index in [1.807, 2.05) is 0 Å². The fourth-order valence-electron chi connectivity index (χ4n) is 2.32. The lowest BCUT2D eigenvalue weighted by molar-refractivity contribution is -0.121. The summed E-state index contributed by atoms with van der Waals surface area (Å²) in [6.07, 6.45) is 2.87. The molecule has 5 heteroatoms. The molecule has 1 saturated heterocycles. The monoisotopic (exact) mass is 300 g/mol. The molecule has 0 radical (unpaired) electrons. The first kappa shape index (κ1) is 14.6. The summed E-state index contributed by atoms with van der Waals surface area (Å²) in [4.78, 5) is 14.2. The van der Waals surface area contributed by atoms with Crippen LogP contribution in [-0.4, -0.2) is 25.0 Å². The summed E-state index contributed by atoms with van der Waals surface area (Å²) in [5.41, 5.74) is 0.710.